The molecular formula is C28H32N4O2. The Morgan fingerprint density at radius 1 is 0.676 bits per heavy atom. The molecule has 4 rings (SSSR count). The van der Waals surface area contributed by atoms with Gasteiger partial charge in [0.1, 0.15) is 0 Å². The summed E-state index contributed by atoms with van der Waals surface area (Å²) >= 11 is 0. The number of benzene rings is 3. The molecule has 0 aliphatic heterocycles. The standard InChI is InChI=1S/C28H32N4O2/c33-27(29-21-20-22-10-4-1-5-11-22)30-23-16-18-24(19-17-23)31-28(34)32(25-12-6-2-7-13-25)26-14-8-3-9-15-26/h1-15,23-24H,16-21H2,(H,31,34)(H2,29,30,33). The van der Waals surface area contributed by atoms with Crippen LogP contribution >= 0.6 is 0 Å². The van der Waals surface area contributed by atoms with Crippen molar-refractivity contribution in [3.05, 3.63) is 96.6 Å². The van der Waals surface area contributed by atoms with Crippen molar-refractivity contribution in [3.63, 3.8) is 0 Å². The maximum Gasteiger partial charge on any atom is 0.326 e. The molecule has 0 unspecified atom stereocenters. The maximum absolute atomic E-state index is 13.2. The fraction of sp³-hybridized carbons (Fsp3) is 0.286. The Labute approximate surface area is 201 Å². The van der Waals surface area contributed by atoms with Gasteiger partial charge in [-0.05, 0) is 61.9 Å². The van der Waals surface area contributed by atoms with Gasteiger partial charge in [-0.15, -0.1) is 0 Å². The summed E-state index contributed by atoms with van der Waals surface area (Å²) in [5.74, 6) is 0. The molecule has 0 bridgehead atoms. The molecule has 1 fully saturated rings. The Hall–Kier alpha value is -3.80. The average molecular weight is 457 g/mol. The fourth-order valence-electron chi connectivity index (χ4n) is 4.36. The van der Waals surface area contributed by atoms with Gasteiger partial charge in [0.2, 0.25) is 0 Å². The minimum absolute atomic E-state index is 0.0848. The normalized spacial score (nSPS) is 17.4. The molecule has 1 saturated carbocycles. The smallest absolute Gasteiger partial charge is 0.326 e. The van der Waals surface area contributed by atoms with Gasteiger partial charge in [0.05, 0.1) is 11.4 Å². The summed E-state index contributed by atoms with van der Waals surface area (Å²) in [5, 5.41) is 9.23. The lowest BCUT2D eigenvalue weighted by Gasteiger charge is -2.32. The van der Waals surface area contributed by atoms with Crippen molar-refractivity contribution in [2.24, 2.45) is 0 Å². The van der Waals surface area contributed by atoms with Gasteiger partial charge in [-0.25, -0.2) is 9.59 Å². The van der Waals surface area contributed by atoms with Gasteiger partial charge in [0.25, 0.3) is 0 Å². The van der Waals surface area contributed by atoms with E-state index in [1.165, 1.54) is 5.56 Å². The van der Waals surface area contributed by atoms with E-state index >= 15 is 0 Å². The molecule has 4 amide bonds. The van der Waals surface area contributed by atoms with Gasteiger partial charge in [-0.3, -0.25) is 4.90 Å². The zero-order valence-corrected chi connectivity index (χ0v) is 19.3. The van der Waals surface area contributed by atoms with Gasteiger partial charge >= 0.3 is 12.1 Å². The SMILES string of the molecule is O=C(NCCc1ccccc1)NC1CCC(NC(=O)N(c2ccccc2)c2ccccc2)CC1. The number of amides is 4. The van der Waals surface area contributed by atoms with Crippen LogP contribution in [0.1, 0.15) is 31.2 Å². The molecule has 6 nitrogen and oxygen atoms in total. The summed E-state index contributed by atoms with van der Waals surface area (Å²) in [5.41, 5.74) is 2.86. The van der Waals surface area contributed by atoms with E-state index in [4.69, 9.17) is 0 Å². The van der Waals surface area contributed by atoms with Crippen molar-refractivity contribution in [3.8, 4) is 0 Å². The number of hydrogen-bond donors (Lipinski definition) is 3. The number of para-hydroxylation sites is 2. The highest BCUT2D eigenvalue weighted by Crippen LogP contribution is 2.26. The van der Waals surface area contributed by atoms with Crippen molar-refractivity contribution in [2.45, 2.75) is 44.2 Å². The van der Waals surface area contributed by atoms with Gasteiger partial charge in [-0.1, -0.05) is 66.7 Å². The van der Waals surface area contributed by atoms with Crippen LogP contribution in [0.4, 0.5) is 21.0 Å². The summed E-state index contributed by atoms with van der Waals surface area (Å²) in [6.45, 7) is 0.607. The molecule has 3 aromatic carbocycles. The average Bonchev–Trinajstić information content (AvgIpc) is 2.87. The number of rotatable bonds is 7. The number of hydrogen-bond acceptors (Lipinski definition) is 2. The van der Waals surface area contributed by atoms with E-state index in [1.807, 2.05) is 78.9 Å². The first-order valence-electron chi connectivity index (χ1n) is 12.0. The third kappa shape index (κ3) is 6.61. The highest BCUT2D eigenvalue weighted by Gasteiger charge is 2.26. The summed E-state index contributed by atoms with van der Waals surface area (Å²) in [4.78, 5) is 27.2. The van der Waals surface area contributed by atoms with Gasteiger partial charge in [-0.2, -0.15) is 0 Å². The second-order valence-corrected chi connectivity index (χ2v) is 8.64. The zero-order chi connectivity index (χ0) is 23.6. The summed E-state index contributed by atoms with van der Waals surface area (Å²) in [7, 11) is 0. The van der Waals surface area contributed by atoms with Crippen LogP contribution < -0.4 is 20.9 Å². The third-order valence-electron chi connectivity index (χ3n) is 6.16. The van der Waals surface area contributed by atoms with E-state index in [2.05, 4.69) is 28.1 Å². The van der Waals surface area contributed by atoms with Crippen molar-refractivity contribution in [1.82, 2.24) is 16.0 Å². The van der Waals surface area contributed by atoms with Crippen LogP contribution in [-0.2, 0) is 6.42 Å². The number of nitrogens with one attached hydrogen (secondary N) is 3. The minimum atomic E-state index is -0.132. The highest BCUT2D eigenvalue weighted by atomic mass is 16.2. The van der Waals surface area contributed by atoms with Crippen LogP contribution in [0, 0.1) is 0 Å². The van der Waals surface area contributed by atoms with E-state index in [0.29, 0.717) is 6.54 Å². The van der Waals surface area contributed by atoms with Gasteiger partial charge < -0.3 is 16.0 Å². The number of carbonyl (C=O) groups is 2. The van der Waals surface area contributed by atoms with Crippen molar-refractivity contribution < 1.29 is 9.59 Å². The van der Waals surface area contributed by atoms with Crippen LogP contribution in [0.3, 0.4) is 0 Å². The van der Waals surface area contributed by atoms with Crippen LogP contribution in [0.2, 0.25) is 0 Å². The maximum atomic E-state index is 13.2. The topological polar surface area (TPSA) is 73.5 Å². The van der Waals surface area contributed by atoms with E-state index in [1.54, 1.807) is 4.90 Å². The molecule has 34 heavy (non-hydrogen) atoms. The second kappa shape index (κ2) is 11.9. The molecule has 0 radical (unpaired) electrons. The number of urea groups is 2. The molecule has 1 aliphatic rings. The first-order valence-corrected chi connectivity index (χ1v) is 12.0. The summed E-state index contributed by atoms with van der Waals surface area (Å²) in [6.07, 6.45) is 4.16. The molecule has 0 heterocycles. The lowest BCUT2D eigenvalue weighted by molar-refractivity contribution is 0.224. The van der Waals surface area contributed by atoms with E-state index < -0.39 is 0 Å². The van der Waals surface area contributed by atoms with Crippen molar-refractivity contribution in [1.29, 1.82) is 0 Å². The van der Waals surface area contributed by atoms with E-state index in [9.17, 15) is 9.59 Å². The fourth-order valence-corrected chi connectivity index (χ4v) is 4.36. The van der Waals surface area contributed by atoms with Crippen LogP contribution in [0.5, 0.6) is 0 Å². The Balaban J connectivity index is 1.24. The Morgan fingerprint density at radius 2 is 1.15 bits per heavy atom. The lowest BCUT2D eigenvalue weighted by Crippen LogP contribution is -2.48. The number of nitrogens with zero attached hydrogens (tertiary/aromatic N) is 1. The van der Waals surface area contributed by atoms with Crippen molar-refractivity contribution in [2.75, 3.05) is 11.4 Å². The molecular weight excluding hydrogens is 424 g/mol. The van der Waals surface area contributed by atoms with Gasteiger partial charge in [0, 0.05) is 18.6 Å². The summed E-state index contributed by atoms with van der Waals surface area (Å²) < 4.78 is 0. The molecule has 3 N–H and O–H groups in total. The first-order chi connectivity index (χ1) is 16.7. The number of carbonyl (C=O) groups excluding carboxylic acids is 2. The molecule has 0 saturated heterocycles. The Kier molecular flexibility index (Phi) is 8.17. The van der Waals surface area contributed by atoms with Gasteiger partial charge in [0.15, 0.2) is 0 Å². The second-order valence-electron chi connectivity index (χ2n) is 8.64. The largest absolute Gasteiger partial charge is 0.338 e. The molecule has 176 valence electrons. The van der Waals surface area contributed by atoms with Crippen LogP contribution in [0.15, 0.2) is 91.0 Å². The molecule has 1 aliphatic carbocycles. The van der Waals surface area contributed by atoms with Crippen molar-refractivity contribution >= 4 is 23.4 Å². The van der Waals surface area contributed by atoms with Crippen LogP contribution in [0.25, 0.3) is 0 Å². The number of anilines is 2. The zero-order valence-electron chi connectivity index (χ0n) is 19.3. The first kappa shape index (κ1) is 23.4. The Bertz CT molecular complexity index is 996. The quantitative estimate of drug-likeness (QED) is 0.446. The summed E-state index contributed by atoms with van der Waals surface area (Å²) in [6, 6.07) is 29.4. The van der Waals surface area contributed by atoms with Crippen LogP contribution in [-0.4, -0.2) is 30.7 Å². The minimum Gasteiger partial charge on any atom is -0.338 e. The monoisotopic (exact) mass is 456 g/mol. The van der Waals surface area contributed by atoms with E-state index in [0.717, 1.165) is 43.5 Å². The molecule has 0 atom stereocenters. The molecule has 6 heteroatoms. The molecule has 0 aromatic heterocycles. The third-order valence-corrected chi connectivity index (χ3v) is 6.16. The molecule has 3 aromatic rings. The Morgan fingerprint density at radius 3 is 1.68 bits per heavy atom. The predicted octanol–water partition coefficient (Wildman–Crippen LogP) is 5.39. The predicted molar refractivity (Wildman–Crippen MR) is 136 cm³/mol. The molecule has 0 spiro atoms. The lowest BCUT2D eigenvalue weighted by atomic mass is 9.91. The van der Waals surface area contributed by atoms with E-state index in [-0.39, 0.29) is 24.1 Å². The highest BCUT2D eigenvalue weighted by molar-refractivity contribution is 5.99.